The molecule has 1 aromatic rings. The number of hydrogen-bond donors (Lipinski definition) is 1. The highest BCUT2D eigenvalue weighted by Crippen LogP contribution is 2.32. The van der Waals surface area contributed by atoms with Crippen LogP contribution in [-0.2, 0) is 18.8 Å². The van der Waals surface area contributed by atoms with Gasteiger partial charge in [-0.05, 0) is 28.7 Å². The summed E-state index contributed by atoms with van der Waals surface area (Å²) in [5.74, 6) is 2.37. The van der Waals surface area contributed by atoms with E-state index < -0.39 is 0 Å². The van der Waals surface area contributed by atoms with Crippen LogP contribution in [0.25, 0.3) is 0 Å². The van der Waals surface area contributed by atoms with Gasteiger partial charge >= 0.3 is 0 Å². The summed E-state index contributed by atoms with van der Waals surface area (Å²) in [6, 6.07) is 0. The van der Waals surface area contributed by atoms with Crippen LogP contribution in [0, 0.1) is 0 Å². The molecule has 0 saturated heterocycles. The molecule has 0 aliphatic carbocycles. The molecular formula is C8H10OS2. The quantitative estimate of drug-likeness (QED) is 0.724. The van der Waals surface area contributed by atoms with E-state index in [1.807, 2.05) is 11.8 Å². The molecule has 1 aliphatic heterocycles. The molecule has 1 aliphatic rings. The third-order valence-corrected chi connectivity index (χ3v) is 4.21. The fraction of sp³-hybridized carbons (Fsp3) is 0.500. The molecule has 0 saturated carbocycles. The summed E-state index contributed by atoms with van der Waals surface area (Å²) in [5, 5.41) is 11.1. The Morgan fingerprint density at radius 2 is 2.45 bits per heavy atom. The predicted molar refractivity (Wildman–Crippen MR) is 50.1 cm³/mol. The average Bonchev–Trinajstić information content (AvgIpc) is 2.47. The molecule has 0 radical (unpaired) electrons. The van der Waals surface area contributed by atoms with Crippen molar-refractivity contribution in [3.63, 3.8) is 0 Å². The first-order valence-corrected chi connectivity index (χ1v) is 5.72. The molecule has 1 N–H and O–H groups in total. The van der Waals surface area contributed by atoms with Crippen molar-refractivity contribution in [2.75, 3.05) is 5.75 Å². The Morgan fingerprint density at radius 3 is 3.27 bits per heavy atom. The Bertz CT molecular complexity index is 241. The number of fused-ring (bicyclic) bond motifs is 1. The predicted octanol–water partition coefficient (Wildman–Crippen LogP) is 2.03. The molecule has 0 aromatic carbocycles. The summed E-state index contributed by atoms with van der Waals surface area (Å²) in [6.45, 7) is 0.219. The van der Waals surface area contributed by atoms with Gasteiger partial charge in [0, 0.05) is 10.6 Å². The van der Waals surface area contributed by atoms with Crippen molar-refractivity contribution in [2.45, 2.75) is 18.8 Å². The SMILES string of the molecule is OCc1csc2c1CCSC2. The molecule has 3 heteroatoms. The van der Waals surface area contributed by atoms with Gasteiger partial charge in [-0.2, -0.15) is 11.8 Å². The lowest BCUT2D eigenvalue weighted by Crippen LogP contribution is -2.00. The largest absolute Gasteiger partial charge is 0.392 e. The third kappa shape index (κ3) is 1.33. The Kier molecular flexibility index (Phi) is 2.20. The van der Waals surface area contributed by atoms with Gasteiger partial charge < -0.3 is 5.11 Å². The highest BCUT2D eigenvalue weighted by Gasteiger charge is 2.14. The van der Waals surface area contributed by atoms with Gasteiger partial charge in [0.1, 0.15) is 0 Å². The van der Waals surface area contributed by atoms with E-state index in [9.17, 15) is 0 Å². The van der Waals surface area contributed by atoms with Crippen LogP contribution in [0.15, 0.2) is 5.38 Å². The maximum absolute atomic E-state index is 8.98. The van der Waals surface area contributed by atoms with Crippen LogP contribution in [-0.4, -0.2) is 10.9 Å². The van der Waals surface area contributed by atoms with Gasteiger partial charge in [-0.25, -0.2) is 0 Å². The zero-order chi connectivity index (χ0) is 7.68. The van der Waals surface area contributed by atoms with Crippen molar-refractivity contribution >= 4 is 23.1 Å². The molecule has 11 heavy (non-hydrogen) atoms. The van der Waals surface area contributed by atoms with Crippen molar-refractivity contribution in [2.24, 2.45) is 0 Å². The number of thioether (sulfide) groups is 1. The van der Waals surface area contributed by atoms with Crippen molar-refractivity contribution in [3.8, 4) is 0 Å². The van der Waals surface area contributed by atoms with Crippen LogP contribution in [0.3, 0.4) is 0 Å². The van der Waals surface area contributed by atoms with Crippen molar-refractivity contribution in [1.82, 2.24) is 0 Å². The van der Waals surface area contributed by atoms with Gasteiger partial charge in [0.05, 0.1) is 6.61 Å². The Labute approximate surface area is 74.4 Å². The summed E-state index contributed by atoms with van der Waals surface area (Å²) in [4.78, 5) is 1.48. The average molecular weight is 186 g/mol. The molecule has 0 spiro atoms. The van der Waals surface area contributed by atoms with Crippen LogP contribution in [0.1, 0.15) is 16.0 Å². The van der Waals surface area contributed by atoms with Crippen molar-refractivity contribution < 1.29 is 5.11 Å². The molecule has 0 fully saturated rings. The van der Waals surface area contributed by atoms with Crippen LogP contribution in [0.5, 0.6) is 0 Å². The first-order valence-electron chi connectivity index (χ1n) is 3.68. The van der Waals surface area contributed by atoms with Gasteiger partial charge in [0.2, 0.25) is 0 Å². The summed E-state index contributed by atoms with van der Waals surface area (Å²) in [7, 11) is 0. The van der Waals surface area contributed by atoms with Crippen LogP contribution in [0.4, 0.5) is 0 Å². The van der Waals surface area contributed by atoms with Crippen LogP contribution in [0.2, 0.25) is 0 Å². The first-order chi connectivity index (χ1) is 5.42. The van der Waals surface area contributed by atoms with Gasteiger partial charge in [-0.1, -0.05) is 0 Å². The number of thiophene rings is 1. The topological polar surface area (TPSA) is 20.2 Å². The van der Waals surface area contributed by atoms with Gasteiger partial charge in [-0.3, -0.25) is 0 Å². The van der Waals surface area contributed by atoms with E-state index >= 15 is 0 Å². The van der Waals surface area contributed by atoms with E-state index in [1.54, 1.807) is 11.3 Å². The minimum atomic E-state index is 0.219. The number of hydrogen-bond acceptors (Lipinski definition) is 3. The molecule has 1 nitrogen and oxygen atoms in total. The zero-order valence-electron chi connectivity index (χ0n) is 6.17. The molecule has 60 valence electrons. The van der Waals surface area contributed by atoms with Crippen molar-refractivity contribution in [1.29, 1.82) is 0 Å². The molecule has 0 unspecified atom stereocenters. The van der Waals surface area contributed by atoms with Crippen LogP contribution < -0.4 is 0 Å². The smallest absolute Gasteiger partial charge is 0.0692 e. The molecule has 2 rings (SSSR count). The third-order valence-electron chi connectivity index (χ3n) is 1.97. The lowest BCUT2D eigenvalue weighted by atomic mass is 10.1. The van der Waals surface area contributed by atoms with E-state index in [2.05, 4.69) is 5.38 Å². The molecule has 2 heterocycles. The summed E-state index contributed by atoms with van der Waals surface area (Å²) in [6.07, 6.45) is 1.15. The van der Waals surface area contributed by atoms with Crippen molar-refractivity contribution in [3.05, 3.63) is 21.4 Å². The second-order valence-corrected chi connectivity index (χ2v) is 4.69. The number of rotatable bonds is 1. The summed E-state index contributed by atoms with van der Waals surface area (Å²) < 4.78 is 0. The monoisotopic (exact) mass is 186 g/mol. The molecular weight excluding hydrogens is 176 g/mol. The van der Waals surface area contributed by atoms with E-state index in [1.165, 1.54) is 16.2 Å². The summed E-state index contributed by atoms with van der Waals surface area (Å²) >= 11 is 3.79. The minimum absolute atomic E-state index is 0.219. The lowest BCUT2D eigenvalue weighted by molar-refractivity contribution is 0.281. The highest BCUT2D eigenvalue weighted by atomic mass is 32.2. The molecule has 1 aromatic heterocycles. The molecule has 0 atom stereocenters. The Balaban J connectivity index is 2.38. The number of aliphatic hydroxyl groups excluding tert-OH is 1. The maximum Gasteiger partial charge on any atom is 0.0692 e. The van der Waals surface area contributed by atoms with Gasteiger partial charge in [-0.15, -0.1) is 11.3 Å². The molecule has 0 bridgehead atoms. The second-order valence-electron chi connectivity index (χ2n) is 2.62. The fourth-order valence-electron chi connectivity index (χ4n) is 1.36. The van der Waals surface area contributed by atoms with Gasteiger partial charge in [0.25, 0.3) is 0 Å². The van der Waals surface area contributed by atoms with E-state index in [0.29, 0.717) is 0 Å². The zero-order valence-corrected chi connectivity index (χ0v) is 7.80. The normalized spacial score (nSPS) is 16.5. The Morgan fingerprint density at radius 1 is 1.55 bits per heavy atom. The summed E-state index contributed by atoms with van der Waals surface area (Å²) in [5.41, 5.74) is 2.58. The highest BCUT2D eigenvalue weighted by molar-refractivity contribution is 7.98. The minimum Gasteiger partial charge on any atom is -0.392 e. The first kappa shape index (κ1) is 7.65. The number of aliphatic hydroxyl groups is 1. The second kappa shape index (κ2) is 3.17. The Hall–Kier alpha value is 0.01000. The van der Waals surface area contributed by atoms with E-state index in [4.69, 9.17) is 5.11 Å². The standard InChI is InChI=1S/C8H10OS2/c9-3-6-4-11-8-5-10-2-1-7(6)8/h4,9H,1-3,5H2. The lowest BCUT2D eigenvalue weighted by Gasteiger charge is -2.11. The maximum atomic E-state index is 8.98. The van der Waals surface area contributed by atoms with Crippen LogP contribution >= 0.6 is 23.1 Å². The van der Waals surface area contributed by atoms with E-state index in [0.717, 1.165) is 17.7 Å². The molecule has 0 amide bonds. The van der Waals surface area contributed by atoms with E-state index in [-0.39, 0.29) is 6.61 Å². The fourth-order valence-corrected chi connectivity index (χ4v) is 3.61. The van der Waals surface area contributed by atoms with Gasteiger partial charge in [0.15, 0.2) is 0 Å².